The molecule has 19 heavy (non-hydrogen) atoms. The van der Waals surface area contributed by atoms with Gasteiger partial charge in [0.25, 0.3) is 0 Å². The average Bonchev–Trinajstić information content (AvgIpc) is 2.40. The Hall–Kier alpha value is -2.00. The van der Waals surface area contributed by atoms with E-state index in [0.29, 0.717) is 12.2 Å². The highest BCUT2D eigenvalue weighted by Crippen LogP contribution is 2.21. The molecule has 0 spiro atoms. The molecule has 2 rings (SSSR count). The minimum Gasteiger partial charge on any atom is -0.462 e. The lowest BCUT2D eigenvalue weighted by Gasteiger charge is -2.04. The first kappa shape index (κ1) is 15.1. The molecule has 100 valence electrons. The van der Waals surface area contributed by atoms with E-state index < -0.39 is 0 Å². The summed E-state index contributed by atoms with van der Waals surface area (Å²) in [5.41, 5.74) is 9.06. The van der Waals surface area contributed by atoms with E-state index in [0.717, 1.165) is 16.8 Å². The lowest BCUT2D eigenvalue weighted by Crippen LogP contribution is -2.03. The molecule has 0 bridgehead atoms. The first-order chi connectivity index (χ1) is 8.70. The van der Waals surface area contributed by atoms with E-state index in [1.54, 1.807) is 19.1 Å². The first-order valence-electron chi connectivity index (χ1n) is 5.84. The molecule has 2 aromatic rings. The third kappa shape index (κ3) is 3.73. The van der Waals surface area contributed by atoms with Crippen LogP contribution in [0.5, 0.6) is 0 Å². The minimum atomic E-state index is -0.290. The van der Waals surface area contributed by atoms with E-state index >= 15 is 0 Å². The minimum absolute atomic E-state index is 0. The second-order valence-corrected chi connectivity index (χ2v) is 3.92. The SMILES string of the molecule is CCOC(=O)c1ccc(-c2ccc(N)cc2)cc1.Cl. The van der Waals surface area contributed by atoms with Crippen LogP contribution in [0.25, 0.3) is 11.1 Å². The summed E-state index contributed by atoms with van der Waals surface area (Å²) >= 11 is 0. The molecule has 0 atom stereocenters. The molecule has 0 aromatic heterocycles. The summed E-state index contributed by atoms with van der Waals surface area (Å²) in [4.78, 5) is 11.5. The van der Waals surface area contributed by atoms with Gasteiger partial charge in [0, 0.05) is 5.69 Å². The molecule has 0 aliphatic rings. The third-order valence-corrected chi connectivity index (χ3v) is 2.64. The fourth-order valence-corrected chi connectivity index (χ4v) is 1.69. The molecule has 4 heteroatoms. The Morgan fingerprint density at radius 3 is 1.95 bits per heavy atom. The number of benzene rings is 2. The number of hydrogen-bond acceptors (Lipinski definition) is 3. The zero-order chi connectivity index (χ0) is 13.0. The number of halogens is 1. The Balaban J connectivity index is 0.00000180. The van der Waals surface area contributed by atoms with Crippen molar-refractivity contribution in [2.45, 2.75) is 6.92 Å². The number of carbonyl (C=O) groups is 1. The van der Waals surface area contributed by atoms with Gasteiger partial charge in [0.15, 0.2) is 0 Å². The van der Waals surface area contributed by atoms with Crippen molar-refractivity contribution in [1.82, 2.24) is 0 Å². The maximum atomic E-state index is 11.5. The van der Waals surface area contributed by atoms with Crippen LogP contribution < -0.4 is 5.73 Å². The Kier molecular flexibility index (Phi) is 5.39. The van der Waals surface area contributed by atoms with Crippen molar-refractivity contribution >= 4 is 24.1 Å². The van der Waals surface area contributed by atoms with E-state index in [2.05, 4.69) is 0 Å². The van der Waals surface area contributed by atoms with Crippen LogP contribution in [0.4, 0.5) is 5.69 Å². The second-order valence-electron chi connectivity index (χ2n) is 3.92. The third-order valence-electron chi connectivity index (χ3n) is 2.64. The number of hydrogen-bond donors (Lipinski definition) is 1. The highest BCUT2D eigenvalue weighted by atomic mass is 35.5. The van der Waals surface area contributed by atoms with Gasteiger partial charge >= 0.3 is 5.97 Å². The smallest absolute Gasteiger partial charge is 0.338 e. The Morgan fingerprint density at radius 1 is 1.00 bits per heavy atom. The fourth-order valence-electron chi connectivity index (χ4n) is 1.69. The molecule has 2 aromatic carbocycles. The van der Waals surface area contributed by atoms with Gasteiger partial charge in [-0.3, -0.25) is 0 Å². The molecule has 3 nitrogen and oxygen atoms in total. The van der Waals surface area contributed by atoms with Gasteiger partial charge in [-0.15, -0.1) is 12.4 Å². The molecule has 0 saturated heterocycles. The molecule has 2 N–H and O–H groups in total. The highest BCUT2D eigenvalue weighted by Gasteiger charge is 2.06. The standard InChI is InChI=1S/C15H15NO2.ClH/c1-2-18-15(17)13-5-3-11(4-6-13)12-7-9-14(16)10-8-12;/h3-10H,2,16H2,1H3;1H. The summed E-state index contributed by atoms with van der Waals surface area (Å²) in [7, 11) is 0. The van der Waals surface area contributed by atoms with Gasteiger partial charge < -0.3 is 10.5 Å². The quantitative estimate of drug-likeness (QED) is 0.690. The lowest BCUT2D eigenvalue weighted by atomic mass is 10.0. The maximum Gasteiger partial charge on any atom is 0.338 e. The number of carbonyl (C=O) groups excluding carboxylic acids is 1. The van der Waals surface area contributed by atoms with Crippen molar-refractivity contribution in [3.63, 3.8) is 0 Å². The fraction of sp³-hybridized carbons (Fsp3) is 0.133. The molecule has 0 heterocycles. The van der Waals surface area contributed by atoms with Crippen molar-refractivity contribution in [1.29, 1.82) is 0 Å². The zero-order valence-electron chi connectivity index (χ0n) is 10.6. The largest absolute Gasteiger partial charge is 0.462 e. The van der Waals surface area contributed by atoms with Crippen molar-refractivity contribution in [3.05, 3.63) is 54.1 Å². The number of rotatable bonds is 3. The number of anilines is 1. The Bertz CT molecular complexity index is 535. The van der Waals surface area contributed by atoms with Crippen LogP contribution in [0, 0.1) is 0 Å². The predicted molar refractivity (Wildman–Crippen MR) is 79.5 cm³/mol. The summed E-state index contributed by atoms with van der Waals surface area (Å²) in [5.74, 6) is -0.290. The first-order valence-corrected chi connectivity index (χ1v) is 5.84. The Morgan fingerprint density at radius 2 is 1.47 bits per heavy atom. The summed E-state index contributed by atoms with van der Waals surface area (Å²) in [5, 5.41) is 0. The number of nitrogens with two attached hydrogens (primary N) is 1. The molecular formula is C15H16ClNO2. The van der Waals surface area contributed by atoms with Crippen LogP contribution in [-0.2, 0) is 4.74 Å². The topological polar surface area (TPSA) is 52.3 Å². The van der Waals surface area contributed by atoms with Crippen molar-refractivity contribution in [2.75, 3.05) is 12.3 Å². The predicted octanol–water partition coefficient (Wildman–Crippen LogP) is 3.53. The molecule has 0 aliphatic carbocycles. The summed E-state index contributed by atoms with van der Waals surface area (Å²) in [6.45, 7) is 2.18. The summed E-state index contributed by atoms with van der Waals surface area (Å²) in [6.07, 6.45) is 0. The van der Waals surface area contributed by atoms with Gasteiger partial charge in [-0.25, -0.2) is 4.79 Å². The molecule has 0 unspecified atom stereocenters. The zero-order valence-corrected chi connectivity index (χ0v) is 11.4. The van der Waals surface area contributed by atoms with Crippen LogP contribution in [0.1, 0.15) is 17.3 Å². The molecule has 0 amide bonds. The van der Waals surface area contributed by atoms with Gasteiger partial charge in [0.2, 0.25) is 0 Å². The summed E-state index contributed by atoms with van der Waals surface area (Å²) in [6, 6.07) is 15.0. The summed E-state index contributed by atoms with van der Waals surface area (Å²) < 4.78 is 4.93. The monoisotopic (exact) mass is 277 g/mol. The highest BCUT2D eigenvalue weighted by molar-refractivity contribution is 5.90. The van der Waals surface area contributed by atoms with Gasteiger partial charge in [-0.05, 0) is 42.3 Å². The van der Waals surface area contributed by atoms with E-state index in [4.69, 9.17) is 10.5 Å². The van der Waals surface area contributed by atoms with Crippen molar-refractivity contribution in [2.24, 2.45) is 0 Å². The number of nitrogen functional groups attached to an aromatic ring is 1. The Labute approximate surface area is 118 Å². The molecule has 0 radical (unpaired) electrons. The van der Waals surface area contributed by atoms with Gasteiger partial charge in [-0.2, -0.15) is 0 Å². The van der Waals surface area contributed by atoms with Crippen molar-refractivity contribution < 1.29 is 9.53 Å². The number of esters is 1. The molecular weight excluding hydrogens is 262 g/mol. The molecule has 0 aliphatic heterocycles. The van der Waals surface area contributed by atoms with E-state index in [-0.39, 0.29) is 18.4 Å². The van der Waals surface area contributed by atoms with Gasteiger partial charge in [-0.1, -0.05) is 24.3 Å². The lowest BCUT2D eigenvalue weighted by molar-refractivity contribution is 0.0526. The number of ether oxygens (including phenoxy) is 1. The van der Waals surface area contributed by atoms with E-state index in [9.17, 15) is 4.79 Å². The van der Waals surface area contributed by atoms with Crippen LogP contribution in [0.3, 0.4) is 0 Å². The van der Waals surface area contributed by atoms with E-state index in [1.807, 2.05) is 36.4 Å². The van der Waals surface area contributed by atoms with Crippen molar-refractivity contribution in [3.8, 4) is 11.1 Å². The normalized spacial score (nSPS) is 9.53. The van der Waals surface area contributed by atoms with E-state index in [1.165, 1.54) is 0 Å². The van der Waals surface area contributed by atoms with Crippen LogP contribution in [-0.4, -0.2) is 12.6 Å². The maximum absolute atomic E-state index is 11.5. The van der Waals surface area contributed by atoms with Crippen LogP contribution in [0.2, 0.25) is 0 Å². The van der Waals surface area contributed by atoms with Gasteiger partial charge in [0.1, 0.15) is 0 Å². The molecule has 0 saturated carbocycles. The second kappa shape index (κ2) is 6.81. The average molecular weight is 278 g/mol. The van der Waals surface area contributed by atoms with Gasteiger partial charge in [0.05, 0.1) is 12.2 Å². The van der Waals surface area contributed by atoms with Crippen LogP contribution >= 0.6 is 12.4 Å². The molecule has 0 fully saturated rings. The van der Waals surface area contributed by atoms with Crippen LogP contribution in [0.15, 0.2) is 48.5 Å².